The first-order valence-electron chi connectivity index (χ1n) is 38.3. The second kappa shape index (κ2) is 41.6. The van der Waals surface area contributed by atoms with Gasteiger partial charge in [0.25, 0.3) is 0 Å². The zero-order chi connectivity index (χ0) is 71.4. The van der Waals surface area contributed by atoms with Crippen molar-refractivity contribution in [2.24, 2.45) is 53.3 Å². The number of carboxylic acids is 3. The van der Waals surface area contributed by atoms with Gasteiger partial charge in [0.2, 0.25) is 0 Å². The maximum atomic E-state index is 12.3. The zero-order valence-electron chi connectivity index (χ0n) is 60.4. The third-order valence-corrected chi connectivity index (χ3v) is 22.3. The molecule has 552 valence electrons. The van der Waals surface area contributed by atoms with Crippen LogP contribution >= 0.6 is 0 Å². The van der Waals surface area contributed by atoms with Crippen LogP contribution in [-0.2, 0) is 81.5 Å². The van der Waals surface area contributed by atoms with E-state index in [1.807, 2.05) is 50.2 Å². The first-order valence-corrected chi connectivity index (χ1v) is 38.3. The Kier molecular flexibility index (Phi) is 33.7. The van der Waals surface area contributed by atoms with E-state index in [4.69, 9.17) is 43.7 Å². The summed E-state index contributed by atoms with van der Waals surface area (Å²) in [6.45, 7) is 11.4. The summed E-state index contributed by atoms with van der Waals surface area (Å²) in [6, 6.07) is 17.6. The van der Waals surface area contributed by atoms with Crippen LogP contribution in [0.1, 0.15) is 248 Å². The van der Waals surface area contributed by atoms with Gasteiger partial charge in [-0.05, 0) is 253 Å². The predicted molar refractivity (Wildman–Crippen MR) is 379 cm³/mol. The van der Waals surface area contributed by atoms with Crippen molar-refractivity contribution < 1.29 is 87.8 Å². The summed E-state index contributed by atoms with van der Waals surface area (Å²) in [5.74, 6) is 1.58. The fourth-order valence-electron chi connectivity index (χ4n) is 17.3. The molecule has 0 heterocycles. The van der Waals surface area contributed by atoms with Crippen LogP contribution in [0.2, 0.25) is 0 Å². The van der Waals surface area contributed by atoms with Crippen LogP contribution in [-0.4, -0.2) is 123 Å². The third kappa shape index (κ3) is 24.5. The molecule has 3 aromatic rings. The summed E-state index contributed by atoms with van der Waals surface area (Å²) >= 11 is 0. The minimum absolute atomic E-state index is 0.0611. The summed E-state index contributed by atoms with van der Waals surface area (Å²) in [7, 11) is 0. The van der Waals surface area contributed by atoms with Crippen LogP contribution < -0.4 is 14.2 Å². The van der Waals surface area contributed by atoms with E-state index in [1.54, 1.807) is 0 Å². The first kappa shape index (κ1) is 80.1. The number of rotatable bonds is 39. The predicted octanol–water partition coefficient (Wildman–Crippen LogP) is 14.8. The third-order valence-electron chi connectivity index (χ3n) is 22.3. The average Bonchev–Trinajstić information content (AvgIpc) is 1.70. The number of hydrogen-bond donors (Lipinski definition) is 6. The van der Waals surface area contributed by atoms with E-state index in [0.717, 1.165) is 209 Å². The zero-order valence-corrected chi connectivity index (χ0v) is 60.4. The number of fused-ring (bicyclic) bond motifs is 6. The minimum Gasteiger partial charge on any atom is -0.482 e. The molecule has 0 amide bonds. The highest BCUT2D eigenvalue weighted by molar-refractivity contribution is 5.71. The summed E-state index contributed by atoms with van der Waals surface area (Å²) in [5, 5.41) is 59.7. The Balaban J connectivity index is 0.000000209. The smallest absolute Gasteiger partial charge is 0.341 e. The number of unbranched alkanes of at least 4 members (excludes halogenated alkanes) is 7. The van der Waals surface area contributed by atoms with Crippen LogP contribution in [0.4, 0.5) is 0 Å². The lowest BCUT2D eigenvalue weighted by Crippen LogP contribution is -2.29. The molecular formula is C81H120O18. The van der Waals surface area contributed by atoms with Crippen molar-refractivity contribution >= 4 is 35.8 Å². The van der Waals surface area contributed by atoms with Crippen LogP contribution in [0.3, 0.4) is 0 Å². The molecule has 0 bridgehead atoms. The van der Waals surface area contributed by atoms with E-state index in [9.17, 15) is 44.1 Å². The van der Waals surface area contributed by atoms with Gasteiger partial charge >= 0.3 is 35.8 Å². The quantitative estimate of drug-likeness (QED) is 0.0176. The number of carbonyl (C=O) groups excluding carboxylic acids is 3. The normalized spacial score (nSPS) is 24.6. The standard InChI is InChI=1S/C28H42O6.C27H40O6.C26H38O6/c1-3-5-7-10-21(34-28(32)12-6-4-2)13-14-22-23-15-19-9-8-11-26(33-18-27(30)31)24(19)16-20(23)17-25(22)29;1-3-5-6-10-20(33-27(31)8-4-2)12-13-21-22-14-18-9-7-11-25(32-17-26(29)30)23(18)15-19(22)16-24(21)28;1-3-5-6-9-19(32-26(30)4-2)11-12-20-21-13-17-8-7-10-24(31-16-25(28)29)22(17)14-18(21)15-23(20)27/h8-9,11,20-23,25,29H,3-7,10,12-18H2,1-2H3,(H,30,31);7,9,11,19-22,24,28H,3-6,8,10,12-17H2,1-2H3,(H,29,30);7-8,10,18-21,23,27H,3-6,9,11-16H2,1-2H3,(H,28,29)/t20-,21-,22+,23-,25+;19-,20-,21+,22-,24+;18-,19-,20+,21-,23+/m000/s1. The Bertz CT molecular complexity index is 3000. The molecule has 3 fully saturated rings. The van der Waals surface area contributed by atoms with E-state index in [2.05, 4.69) is 45.9 Å². The van der Waals surface area contributed by atoms with Gasteiger partial charge in [0.1, 0.15) is 35.6 Å². The van der Waals surface area contributed by atoms with Gasteiger partial charge < -0.3 is 59.1 Å². The molecular weight excluding hydrogens is 1260 g/mol. The fourth-order valence-corrected chi connectivity index (χ4v) is 17.3. The van der Waals surface area contributed by atoms with Crippen molar-refractivity contribution in [1.82, 2.24) is 0 Å². The minimum atomic E-state index is -0.982. The number of aliphatic hydroxyl groups is 3. The van der Waals surface area contributed by atoms with E-state index in [-0.39, 0.29) is 92.1 Å². The maximum absolute atomic E-state index is 12.3. The Labute approximate surface area is 589 Å². The van der Waals surface area contributed by atoms with Gasteiger partial charge in [-0.1, -0.05) is 123 Å². The lowest BCUT2D eigenvalue weighted by molar-refractivity contribution is -0.151. The van der Waals surface area contributed by atoms with Crippen LogP contribution in [0, 0.1) is 53.3 Å². The molecule has 0 radical (unpaired) electrons. The van der Waals surface area contributed by atoms with E-state index >= 15 is 0 Å². The molecule has 3 aromatic carbocycles. The van der Waals surface area contributed by atoms with Crippen molar-refractivity contribution in [1.29, 1.82) is 0 Å². The molecule has 18 heteroatoms. The number of carboxylic acid groups (broad SMARTS) is 3. The second-order valence-electron chi connectivity index (χ2n) is 29.4. The summed E-state index contributed by atoms with van der Waals surface area (Å²) < 4.78 is 34.0. The topological polar surface area (TPSA) is 279 Å². The van der Waals surface area contributed by atoms with Crippen LogP contribution in [0.5, 0.6) is 17.2 Å². The van der Waals surface area contributed by atoms with Gasteiger partial charge in [0.15, 0.2) is 19.8 Å². The Morgan fingerprint density at radius 2 is 0.697 bits per heavy atom. The second-order valence-corrected chi connectivity index (χ2v) is 29.4. The molecule has 0 unspecified atom stereocenters. The summed E-state index contributed by atoms with van der Waals surface area (Å²) in [4.78, 5) is 69.1. The Hall–Kier alpha value is -6.24. The van der Waals surface area contributed by atoms with Crippen molar-refractivity contribution in [3.05, 3.63) is 88.0 Å². The highest BCUT2D eigenvalue weighted by atomic mass is 16.6. The molecule has 9 rings (SSSR count). The van der Waals surface area contributed by atoms with Crippen molar-refractivity contribution in [2.75, 3.05) is 19.8 Å². The molecule has 15 atom stereocenters. The monoisotopic (exact) mass is 1380 g/mol. The molecule has 18 nitrogen and oxygen atoms in total. The lowest BCUT2D eigenvalue weighted by Gasteiger charge is -2.32. The largest absolute Gasteiger partial charge is 0.482 e. The number of benzene rings is 3. The Morgan fingerprint density at radius 1 is 0.384 bits per heavy atom. The van der Waals surface area contributed by atoms with Gasteiger partial charge in [0, 0.05) is 19.3 Å². The van der Waals surface area contributed by atoms with Gasteiger partial charge in [-0.2, -0.15) is 0 Å². The highest BCUT2D eigenvalue weighted by Crippen LogP contribution is 2.52. The summed E-state index contributed by atoms with van der Waals surface area (Å²) in [5.41, 5.74) is 6.89. The molecule has 3 saturated carbocycles. The lowest BCUT2D eigenvalue weighted by atomic mass is 9.73. The van der Waals surface area contributed by atoms with E-state index in [0.29, 0.717) is 72.0 Å². The number of esters is 3. The number of aliphatic hydroxyl groups excluding tert-OH is 3. The highest BCUT2D eigenvalue weighted by Gasteiger charge is 2.48. The SMILES string of the molecule is CCCCC[C@@H](CC[C@@H]1[C@H]2Cc3cccc(OCC(=O)O)c3C[C@H]2C[C@H]1O)OC(=O)CC.CCCCC[C@@H](CC[C@@H]1[C@H]2Cc3cccc(OCC(=O)O)c3C[C@H]2C[C@H]1O)OC(=O)CCC.CCCCC[C@@H](CC[C@@H]1[C@H]2Cc3cccc(OCC(=O)O)c3C[C@H]2C[C@H]1O)OC(=O)CCCC. The summed E-state index contributed by atoms with van der Waals surface area (Å²) in [6.07, 6.45) is 27.8. The maximum Gasteiger partial charge on any atom is 0.341 e. The van der Waals surface area contributed by atoms with Gasteiger partial charge in [-0.25, -0.2) is 14.4 Å². The van der Waals surface area contributed by atoms with E-state index in [1.165, 1.54) is 16.7 Å². The molecule has 0 spiro atoms. The van der Waals surface area contributed by atoms with Gasteiger partial charge in [-0.3, -0.25) is 14.4 Å². The molecule has 6 N–H and O–H groups in total. The molecule has 0 saturated heterocycles. The molecule has 6 aliphatic rings. The van der Waals surface area contributed by atoms with Gasteiger partial charge in [0.05, 0.1) is 18.3 Å². The average molecular weight is 1380 g/mol. The molecule has 0 aliphatic heterocycles. The number of carbonyl (C=O) groups is 6. The molecule has 6 aliphatic carbocycles. The fraction of sp³-hybridized carbons (Fsp3) is 0.704. The van der Waals surface area contributed by atoms with Crippen molar-refractivity contribution in [2.45, 2.75) is 290 Å². The van der Waals surface area contributed by atoms with Crippen LogP contribution in [0.25, 0.3) is 0 Å². The molecule has 0 aromatic heterocycles. The number of aliphatic carboxylic acids is 3. The van der Waals surface area contributed by atoms with Crippen molar-refractivity contribution in [3.63, 3.8) is 0 Å². The van der Waals surface area contributed by atoms with Crippen LogP contribution in [0.15, 0.2) is 54.6 Å². The number of ether oxygens (including phenoxy) is 6. The van der Waals surface area contributed by atoms with Crippen molar-refractivity contribution in [3.8, 4) is 17.2 Å². The first-order chi connectivity index (χ1) is 47.8. The van der Waals surface area contributed by atoms with Gasteiger partial charge in [-0.15, -0.1) is 0 Å². The Morgan fingerprint density at radius 3 is 0.990 bits per heavy atom. The number of hydrogen-bond acceptors (Lipinski definition) is 15. The van der Waals surface area contributed by atoms with E-state index < -0.39 is 17.9 Å². The molecule has 99 heavy (non-hydrogen) atoms.